The number of fused-ring (bicyclic) bond motifs is 2. The number of rotatable bonds is 5. The fourth-order valence-electron chi connectivity index (χ4n) is 5.87. The Labute approximate surface area is 200 Å². The number of amides is 1. The minimum Gasteiger partial charge on any atom is -0.430 e. The van der Waals surface area contributed by atoms with E-state index in [1.54, 1.807) is 0 Å². The predicted molar refractivity (Wildman–Crippen MR) is 131 cm³/mol. The van der Waals surface area contributed by atoms with Gasteiger partial charge in [-0.05, 0) is 66.8 Å². The highest BCUT2D eigenvalue weighted by atomic mass is 32.1. The lowest BCUT2D eigenvalue weighted by atomic mass is 9.65. The molecule has 2 heterocycles. The summed E-state index contributed by atoms with van der Waals surface area (Å²) in [7, 11) is 0. The molecule has 0 radical (unpaired) electrons. The second-order valence-corrected chi connectivity index (χ2v) is 11.6. The van der Waals surface area contributed by atoms with Crippen molar-refractivity contribution in [3.05, 3.63) is 71.0 Å². The van der Waals surface area contributed by atoms with Gasteiger partial charge in [0.25, 0.3) is 11.1 Å². The molecule has 1 aliphatic carbocycles. The van der Waals surface area contributed by atoms with Crippen LogP contribution in [0.2, 0.25) is 0 Å². The first-order valence-electron chi connectivity index (χ1n) is 11.7. The van der Waals surface area contributed by atoms with E-state index in [0.29, 0.717) is 34.4 Å². The number of hydrogen-bond acceptors (Lipinski definition) is 5. The summed E-state index contributed by atoms with van der Waals surface area (Å²) in [4.78, 5) is 19.9. The SMILES string of the molecule is Cc1ccc(Cc2nsc(Oc3ccc(C(=O)N4CC5(C)CC4CC(C)(C)C5)cc3)n2)cc1. The van der Waals surface area contributed by atoms with Crippen molar-refractivity contribution in [2.45, 2.75) is 59.4 Å². The topological polar surface area (TPSA) is 55.3 Å². The molecule has 5 nitrogen and oxygen atoms in total. The van der Waals surface area contributed by atoms with Crippen LogP contribution in [0.1, 0.15) is 67.3 Å². The zero-order valence-corrected chi connectivity index (χ0v) is 20.6. The smallest absolute Gasteiger partial charge is 0.298 e. The molecule has 2 bridgehead atoms. The minimum absolute atomic E-state index is 0.129. The maximum Gasteiger partial charge on any atom is 0.298 e. The normalized spacial score (nSPS) is 23.5. The maximum atomic E-state index is 13.3. The first kappa shape index (κ1) is 22.1. The lowest BCUT2D eigenvalue weighted by Gasteiger charge is -2.39. The van der Waals surface area contributed by atoms with E-state index < -0.39 is 0 Å². The number of nitrogens with zero attached hydrogens (tertiary/aromatic N) is 3. The predicted octanol–water partition coefficient (Wildman–Crippen LogP) is 6.27. The average Bonchev–Trinajstić information content (AvgIpc) is 3.29. The van der Waals surface area contributed by atoms with E-state index in [-0.39, 0.29) is 11.3 Å². The average molecular weight is 462 g/mol. The molecule has 33 heavy (non-hydrogen) atoms. The van der Waals surface area contributed by atoms with Gasteiger partial charge in [0.05, 0.1) is 0 Å². The number of likely N-dealkylation sites (tertiary alicyclic amines) is 1. The number of carbonyl (C=O) groups is 1. The number of benzene rings is 2. The molecule has 1 aromatic heterocycles. The number of carbonyl (C=O) groups excluding carboxylic acids is 1. The number of hydrogen-bond donors (Lipinski definition) is 0. The van der Waals surface area contributed by atoms with Crippen LogP contribution in [0.5, 0.6) is 10.9 Å². The van der Waals surface area contributed by atoms with Crippen LogP contribution in [0.4, 0.5) is 0 Å². The highest BCUT2D eigenvalue weighted by Crippen LogP contribution is 2.52. The van der Waals surface area contributed by atoms with Crippen molar-refractivity contribution in [1.82, 2.24) is 14.3 Å². The van der Waals surface area contributed by atoms with Crippen LogP contribution in [-0.2, 0) is 6.42 Å². The van der Waals surface area contributed by atoms with Gasteiger partial charge >= 0.3 is 0 Å². The van der Waals surface area contributed by atoms with E-state index in [4.69, 9.17) is 4.74 Å². The van der Waals surface area contributed by atoms with Crippen LogP contribution in [0, 0.1) is 17.8 Å². The summed E-state index contributed by atoms with van der Waals surface area (Å²) in [5, 5.41) is 0.514. The second-order valence-electron chi connectivity index (χ2n) is 10.9. The highest BCUT2D eigenvalue weighted by molar-refractivity contribution is 7.07. The van der Waals surface area contributed by atoms with Gasteiger partial charge in [-0.2, -0.15) is 9.36 Å². The fourth-order valence-corrected chi connectivity index (χ4v) is 6.44. The number of aromatic nitrogens is 2. The monoisotopic (exact) mass is 461 g/mol. The first-order valence-corrected chi connectivity index (χ1v) is 12.4. The van der Waals surface area contributed by atoms with Gasteiger partial charge < -0.3 is 9.64 Å². The van der Waals surface area contributed by atoms with Gasteiger partial charge in [0.2, 0.25) is 0 Å². The van der Waals surface area contributed by atoms with Crippen molar-refractivity contribution < 1.29 is 9.53 Å². The summed E-state index contributed by atoms with van der Waals surface area (Å²) in [5.74, 6) is 1.55. The zero-order chi connectivity index (χ0) is 23.2. The molecule has 1 saturated heterocycles. The molecular formula is C27H31N3O2S. The zero-order valence-electron chi connectivity index (χ0n) is 19.8. The third kappa shape index (κ3) is 4.81. The minimum atomic E-state index is 0.129. The third-order valence-corrected chi connectivity index (χ3v) is 7.55. The molecule has 1 aliphatic heterocycles. The van der Waals surface area contributed by atoms with Gasteiger partial charge in [0.1, 0.15) is 5.75 Å². The molecule has 172 valence electrons. The van der Waals surface area contributed by atoms with E-state index in [2.05, 4.69) is 66.2 Å². The lowest BCUT2D eigenvalue weighted by molar-refractivity contribution is 0.0708. The van der Waals surface area contributed by atoms with E-state index in [1.165, 1.54) is 29.1 Å². The van der Waals surface area contributed by atoms with E-state index in [0.717, 1.165) is 25.2 Å². The molecule has 2 unspecified atom stereocenters. The van der Waals surface area contributed by atoms with Crippen LogP contribution < -0.4 is 4.74 Å². The number of ether oxygens (including phenoxy) is 1. The van der Waals surface area contributed by atoms with Crippen molar-refractivity contribution in [2.75, 3.05) is 6.54 Å². The Morgan fingerprint density at radius 1 is 1.09 bits per heavy atom. The van der Waals surface area contributed by atoms with Crippen LogP contribution in [0.3, 0.4) is 0 Å². The Morgan fingerprint density at radius 3 is 2.55 bits per heavy atom. The maximum absolute atomic E-state index is 13.3. The first-order chi connectivity index (χ1) is 15.7. The summed E-state index contributed by atoms with van der Waals surface area (Å²) in [6, 6.07) is 16.2. The molecule has 5 rings (SSSR count). The van der Waals surface area contributed by atoms with E-state index >= 15 is 0 Å². The molecule has 1 amide bonds. The summed E-state index contributed by atoms with van der Waals surface area (Å²) < 4.78 is 10.3. The second kappa shape index (κ2) is 8.24. The Morgan fingerprint density at radius 2 is 1.82 bits per heavy atom. The molecule has 2 aromatic carbocycles. The van der Waals surface area contributed by atoms with E-state index in [9.17, 15) is 4.79 Å². The van der Waals surface area contributed by atoms with Crippen LogP contribution in [-0.4, -0.2) is 32.8 Å². The molecule has 2 atom stereocenters. The van der Waals surface area contributed by atoms with Crippen LogP contribution >= 0.6 is 11.5 Å². The quantitative estimate of drug-likeness (QED) is 0.449. The van der Waals surface area contributed by atoms with Crippen LogP contribution in [0.15, 0.2) is 48.5 Å². The summed E-state index contributed by atoms with van der Waals surface area (Å²) in [5.41, 5.74) is 3.66. The van der Waals surface area contributed by atoms with Crippen molar-refractivity contribution >= 4 is 17.4 Å². The van der Waals surface area contributed by atoms with Crippen molar-refractivity contribution in [3.63, 3.8) is 0 Å². The number of aryl methyl sites for hydroxylation is 1. The lowest BCUT2D eigenvalue weighted by Crippen LogP contribution is -2.37. The fraction of sp³-hybridized carbons (Fsp3) is 0.444. The van der Waals surface area contributed by atoms with Gasteiger partial charge in [-0.1, -0.05) is 50.6 Å². The van der Waals surface area contributed by atoms with Gasteiger partial charge in [0, 0.05) is 36.1 Å². The van der Waals surface area contributed by atoms with Crippen molar-refractivity contribution in [3.8, 4) is 10.9 Å². The molecule has 0 spiro atoms. The molecule has 1 saturated carbocycles. The largest absolute Gasteiger partial charge is 0.430 e. The summed E-state index contributed by atoms with van der Waals surface area (Å²) in [6.07, 6.45) is 4.06. The third-order valence-electron chi connectivity index (χ3n) is 6.91. The highest BCUT2D eigenvalue weighted by Gasteiger charge is 2.51. The molecule has 3 aromatic rings. The standard InChI is InChI=1S/C27H31N3O2S/c1-18-5-7-19(8-6-18)13-23-28-25(33-29-23)32-22-11-9-20(10-12-22)24(31)30-17-27(4)15-21(30)14-26(2,3)16-27/h5-12,21H,13-17H2,1-4H3. The van der Waals surface area contributed by atoms with Crippen molar-refractivity contribution in [2.24, 2.45) is 10.8 Å². The van der Waals surface area contributed by atoms with Crippen molar-refractivity contribution in [1.29, 1.82) is 0 Å². The summed E-state index contributed by atoms with van der Waals surface area (Å²) >= 11 is 1.25. The van der Waals surface area contributed by atoms with Gasteiger partial charge in [-0.15, -0.1) is 0 Å². The molecule has 6 heteroatoms. The Bertz CT molecular complexity index is 1150. The molecule has 0 N–H and O–H groups in total. The molecule has 2 aliphatic rings. The van der Waals surface area contributed by atoms with Gasteiger partial charge in [0.15, 0.2) is 5.82 Å². The summed E-state index contributed by atoms with van der Waals surface area (Å²) in [6.45, 7) is 9.93. The Kier molecular flexibility index (Phi) is 5.52. The molecule has 2 fully saturated rings. The molecular weight excluding hydrogens is 430 g/mol. The van der Waals surface area contributed by atoms with E-state index in [1.807, 2.05) is 24.3 Å². The Hall–Kier alpha value is -2.73. The van der Waals surface area contributed by atoms with Gasteiger partial charge in [-0.25, -0.2) is 0 Å². The van der Waals surface area contributed by atoms with Gasteiger partial charge in [-0.3, -0.25) is 4.79 Å². The Balaban J connectivity index is 1.23. The van der Waals surface area contributed by atoms with Crippen LogP contribution in [0.25, 0.3) is 0 Å².